The molecule has 1 saturated heterocycles. The fraction of sp³-hybridized carbons (Fsp3) is 0.533. The normalized spacial score (nSPS) is 33.2. The molecule has 4 nitrogen and oxygen atoms in total. The number of nitrogens with one attached hydrogen (secondary N) is 1. The number of amides is 1. The van der Waals surface area contributed by atoms with Crippen LogP contribution in [0, 0.1) is 0 Å². The van der Waals surface area contributed by atoms with Crippen molar-refractivity contribution in [2.75, 3.05) is 0 Å². The summed E-state index contributed by atoms with van der Waals surface area (Å²) in [6.45, 7) is 1.77. The molecule has 1 heterocycles. The molecule has 1 amide bonds. The average Bonchev–Trinajstić information content (AvgIpc) is 2.68. The predicted molar refractivity (Wildman–Crippen MR) is 75.8 cm³/mol. The van der Waals surface area contributed by atoms with E-state index in [9.17, 15) is 4.79 Å². The van der Waals surface area contributed by atoms with E-state index >= 15 is 0 Å². The van der Waals surface area contributed by atoms with Gasteiger partial charge in [0.15, 0.2) is 5.72 Å². The van der Waals surface area contributed by atoms with E-state index in [1.807, 2.05) is 12.1 Å². The van der Waals surface area contributed by atoms with Crippen molar-refractivity contribution in [2.24, 2.45) is 0 Å². The molecule has 1 aromatic rings. The third-order valence-electron chi connectivity index (χ3n) is 3.95. The molecule has 1 aliphatic carbocycles. The Labute approximate surface area is 123 Å². The molecule has 1 aliphatic heterocycles. The largest absolute Gasteiger partial charge is 0.485 e. The van der Waals surface area contributed by atoms with E-state index in [-0.39, 0.29) is 12.0 Å². The molecule has 0 aromatic heterocycles. The summed E-state index contributed by atoms with van der Waals surface area (Å²) in [5, 5.41) is 3.62. The molecule has 20 heavy (non-hydrogen) atoms. The standard InChI is InChI=1S/C15H18ClNO3/c1-10-14(18)17-15(20-10)8-3-2-7-13(15)19-12-6-4-5-11(16)9-12/h4-6,9-10,13H,2-3,7-8H2,1H3,(H,17,18)/t10-,13-,15-/m1/s1. The fourth-order valence-electron chi connectivity index (χ4n) is 2.96. The number of hydrogen-bond donors (Lipinski definition) is 1. The van der Waals surface area contributed by atoms with E-state index in [0.29, 0.717) is 10.8 Å². The number of hydrogen-bond acceptors (Lipinski definition) is 3. The summed E-state index contributed by atoms with van der Waals surface area (Å²) in [5.74, 6) is 0.646. The van der Waals surface area contributed by atoms with Crippen molar-refractivity contribution in [1.29, 1.82) is 0 Å². The van der Waals surface area contributed by atoms with E-state index in [4.69, 9.17) is 21.1 Å². The van der Waals surface area contributed by atoms with Crippen LogP contribution in [0.5, 0.6) is 5.75 Å². The third kappa shape index (κ3) is 2.50. The average molecular weight is 296 g/mol. The minimum Gasteiger partial charge on any atom is -0.485 e. The first-order valence-corrected chi connectivity index (χ1v) is 7.39. The molecule has 0 bridgehead atoms. The number of rotatable bonds is 2. The van der Waals surface area contributed by atoms with Crippen LogP contribution in [-0.2, 0) is 9.53 Å². The van der Waals surface area contributed by atoms with Crippen LogP contribution in [0.4, 0.5) is 0 Å². The van der Waals surface area contributed by atoms with E-state index in [2.05, 4.69) is 5.32 Å². The maximum Gasteiger partial charge on any atom is 0.251 e. The Morgan fingerprint density at radius 1 is 1.45 bits per heavy atom. The smallest absolute Gasteiger partial charge is 0.251 e. The number of ether oxygens (including phenoxy) is 2. The number of carbonyl (C=O) groups is 1. The summed E-state index contributed by atoms with van der Waals surface area (Å²) >= 11 is 5.98. The molecule has 1 saturated carbocycles. The summed E-state index contributed by atoms with van der Waals surface area (Å²) in [5.41, 5.74) is -0.683. The third-order valence-corrected chi connectivity index (χ3v) is 4.19. The Hall–Kier alpha value is -1.26. The summed E-state index contributed by atoms with van der Waals surface area (Å²) < 4.78 is 11.9. The Morgan fingerprint density at radius 3 is 3.00 bits per heavy atom. The first-order valence-electron chi connectivity index (χ1n) is 7.01. The first-order chi connectivity index (χ1) is 9.59. The van der Waals surface area contributed by atoms with E-state index in [1.165, 1.54) is 0 Å². The minimum absolute atomic E-state index is 0.0633. The van der Waals surface area contributed by atoms with Crippen molar-refractivity contribution in [3.8, 4) is 5.75 Å². The Bertz CT molecular complexity index is 522. The van der Waals surface area contributed by atoms with E-state index in [0.717, 1.165) is 25.7 Å². The van der Waals surface area contributed by atoms with Gasteiger partial charge in [0.25, 0.3) is 5.91 Å². The predicted octanol–water partition coefficient (Wildman–Crippen LogP) is 2.89. The van der Waals surface area contributed by atoms with Crippen LogP contribution in [0.3, 0.4) is 0 Å². The van der Waals surface area contributed by atoms with Crippen molar-refractivity contribution in [1.82, 2.24) is 5.32 Å². The molecule has 0 unspecified atom stereocenters. The fourth-order valence-corrected chi connectivity index (χ4v) is 3.14. The number of halogens is 1. The minimum atomic E-state index is -0.683. The topological polar surface area (TPSA) is 47.6 Å². The number of carbonyl (C=O) groups excluding carboxylic acids is 1. The van der Waals surface area contributed by atoms with Gasteiger partial charge in [0.05, 0.1) is 0 Å². The highest BCUT2D eigenvalue weighted by atomic mass is 35.5. The van der Waals surface area contributed by atoms with Gasteiger partial charge in [-0.3, -0.25) is 4.79 Å². The molecular formula is C15H18ClNO3. The molecule has 3 rings (SSSR count). The molecule has 0 radical (unpaired) electrons. The van der Waals surface area contributed by atoms with Gasteiger partial charge in [-0.25, -0.2) is 0 Å². The Morgan fingerprint density at radius 2 is 2.30 bits per heavy atom. The zero-order chi connectivity index (χ0) is 14.2. The molecule has 1 N–H and O–H groups in total. The summed E-state index contributed by atoms with van der Waals surface area (Å²) in [6.07, 6.45) is 3.15. The van der Waals surface area contributed by atoms with Crippen molar-refractivity contribution in [2.45, 2.75) is 50.5 Å². The van der Waals surface area contributed by atoms with E-state index in [1.54, 1.807) is 19.1 Å². The van der Waals surface area contributed by atoms with Gasteiger partial charge in [-0.15, -0.1) is 0 Å². The second-order valence-electron chi connectivity index (χ2n) is 5.45. The molecule has 108 valence electrons. The van der Waals surface area contributed by atoms with Crippen LogP contribution in [0.2, 0.25) is 5.02 Å². The molecular weight excluding hydrogens is 278 g/mol. The zero-order valence-corrected chi connectivity index (χ0v) is 12.2. The highest BCUT2D eigenvalue weighted by molar-refractivity contribution is 6.30. The maximum absolute atomic E-state index is 11.8. The van der Waals surface area contributed by atoms with Crippen LogP contribution in [-0.4, -0.2) is 23.8 Å². The lowest BCUT2D eigenvalue weighted by Crippen LogP contribution is -2.56. The van der Waals surface area contributed by atoms with Gasteiger partial charge in [0, 0.05) is 5.02 Å². The number of benzene rings is 1. The van der Waals surface area contributed by atoms with Crippen molar-refractivity contribution in [3.63, 3.8) is 0 Å². The first kappa shape index (κ1) is 13.7. The quantitative estimate of drug-likeness (QED) is 0.912. The highest BCUT2D eigenvalue weighted by Gasteiger charge is 2.51. The molecule has 3 atom stereocenters. The van der Waals surface area contributed by atoms with Crippen LogP contribution < -0.4 is 10.1 Å². The van der Waals surface area contributed by atoms with Crippen LogP contribution >= 0.6 is 11.6 Å². The summed E-state index contributed by atoms with van der Waals surface area (Å²) in [6, 6.07) is 7.31. The van der Waals surface area contributed by atoms with Gasteiger partial charge in [0.2, 0.25) is 0 Å². The van der Waals surface area contributed by atoms with Gasteiger partial charge in [-0.1, -0.05) is 17.7 Å². The molecule has 2 aliphatic rings. The van der Waals surface area contributed by atoms with Gasteiger partial charge >= 0.3 is 0 Å². The zero-order valence-electron chi connectivity index (χ0n) is 11.4. The van der Waals surface area contributed by atoms with Gasteiger partial charge in [-0.05, 0) is 50.8 Å². The van der Waals surface area contributed by atoms with Gasteiger partial charge in [0.1, 0.15) is 18.0 Å². The monoisotopic (exact) mass is 295 g/mol. The lowest BCUT2D eigenvalue weighted by Gasteiger charge is -2.39. The van der Waals surface area contributed by atoms with Crippen molar-refractivity contribution in [3.05, 3.63) is 29.3 Å². The van der Waals surface area contributed by atoms with Crippen LogP contribution in [0.25, 0.3) is 0 Å². The van der Waals surface area contributed by atoms with Gasteiger partial charge < -0.3 is 14.8 Å². The van der Waals surface area contributed by atoms with Crippen LogP contribution in [0.15, 0.2) is 24.3 Å². The SMILES string of the molecule is C[C@H]1O[C@@]2(CCCC[C@H]2Oc2cccc(Cl)c2)NC1=O. The lowest BCUT2D eigenvalue weighted by atomic mass is 9.89. The lowest BCUT2D eigenvalue weighted by molar-refractivity contribution is -0.134. The van der Waals surface area contributed by atoms with Crippen LogP contribution in [0.1, 0.15) is 32.6 Å². The second kappa shape index (κ2) is 5.26. The van der Waals surface area contributed by atoms with Crippen molar-refractivity contribution >= 4 is 17.5 Å². The molecule has 2 fully saturated rings. The summed E-state index contributed by atoms with van der Waals surface area (Å²) in [7, 11) is 0. The molecule has 1 aromatic carbocycles. The Balaban J connectivity index is 1.81. The molecule has 1 spiro atoms. The van der Waals surface area contributed by atoms with Gasteiger partial charge in [-0.2, -0.15) is 0 Å². The van der Waals surface area contributed by atoms with E-state index < -0.39 is 11.8 Å². The molecule has 5 heteroatoms. The summed E-state index contributed by atoms with van der Waals surface area (Å²) in [4.78, 5) is 11.8. The second-order valence-corrected chi connectivity index (χ2v) is 5.88. The highest BCUT2D eigenvalue weighted by Crippen LogP contribution is 2.37. The maximum atomic E-state index is 11.8. The Kier molecular flexibility index (Phi) is 3.61. The van der Waals surface area contributed by atoms with Crippen molar-refractivity contribution < 1.29 is 14.3 Å².